The molecule has 1 aliphatic rings. The van der Waals surface area contributed by atoms with E-state index >= 15 is 0 Å². The van der Waals surface area contributed by atoms with Gasteiger partial charge in [-0.2, -0.15) is 0 Å². The van der Waals surface area contributed by atoms with Crippen LogP contribution in [0.2, 0.25) is 0 Å². The molecule has 1 aliphatic heterocycles. The van der Waals surface area contributed by atoms with E-state index in [-0.39, 0.29) is 5.56 Å². The van der Waals surface area contributed by atoms with Gasteiger partial charge in [0.1, 0.15) is 5.69 Å². The molecule has 4 nitrogen and oxygen atoms in total. The van der Waals surface area contributed by atoms with Gasteiger partial charge >= 0.3 is 0 Å². The van der Waals surface area contributed by atoms with Crippen molar-refractivity contribution in [1.82, 2.24) is 4.57 Å². The molecule has 1 aromatic rings. The predicted molar refractivity (Wildman–Crippen MR) is 59.1 cm³/mol. The van der Waals surface area contributed by atoms with Gasteiger partial charge in [-0.1, -0.05) is 0 Å². The molecular weight excluding hydrogens is 192 g/mol. The molecule has 1 fully saturated rings. The average molecular weight is 208 g/mol. The standard InChI is InChI=1S/C11H16N2O2/c1-11(15)5-7-13(8-11)9-4-3-6-12(2)10(9)14/h3-4,6,15H,5,7-8H2,1-2H3. The Morgan fingerprint density at radius 3 is 2.87 bits per heavy atom. The quantitative estimate of drug-likeness (QED) is 0.724. The Morgan fingerprint density at radius 2 is 2.27 bits per heavy atom. The first-order valence-corrected chi connectivity index (χ1v) is 5.13. The number of aliphatic hydroxyl groups is 1. The Kier molecular flexibility index (Phi) is 2.31. The van der Waals surface area contributed by atoms with E-state index in [2.05, 4.69) is 0 Å². The molecule has 0 radical (unpaired) electrons. The van der Waals surface area contributed by atoms with Crippen molar-refractivity contribution in [3.05, 3.63) is 28.7 Å². The van der Waals surface area contributed by atoms with Crippen LogP contribution < -0.4 is 10.5 Å². The number of aromatic nitrogens is 1. The molecular formula is C11H16N2O2. The molecule has 0 saturated carbocycles. The summed E-state index contributed by atoms with van der Waals surface area (Å²) in [5.74, 6) is 0. The van der Waals surface area contributed by atoms with E-state index in [0.29, 0.717) is 18.7 Å². The molecule has 0 bridgehead atoms. The monoisotopic (exact) mass is 208 g/mol. The van der Waals surface area contributed by atoms with Crippen LogP contribution in [0.4, 0.5) is 5.69 Å². The average Bonchev–Trinajstić information content (AvgIpc) is 2.51. The fourth-order valence-corrected chi connectivity index (χ4v) is 1.97. The summed E-state index contributed by atoms with van der Waals surface area (Å²) < 4.78 is 1.56. The lowest BCUT2D eigenvalue weighted by Crippen LogP contribution is -2.33. The molecule has 15 heavy (non-hydrogen) atoms. The lowest BCUT2D eigenvalue weighted by atomic mass is 10.1. The van der Waals surface area contributed by atoms with Gasteiger partial charge in [0.2, 0.25) is 0 Å². The Balaban J connectivity index is 2.32. The Labute approximate surface area is 88.8 Å². The second-order valence-electron chi connectivity index (χ2n) is 4.48. The zero-order valence-electron chi connectivity index (χ0n) is 9.10. The van der Waals surface area contributed by atoms with Crippen LogP contribution in [0.1, 0.15) is 13.3 Å². The topological polar surface area (TPSA) is 45.5 Å². The van der Waals surface area contributed by atoms with Crippen LogP contribution in [0.25, 0.3) is 0 Å². The maximum absolute atomic E-state index is 11.8. The third-order valence-electron chi connectivity index (χ3n) is 2.90. The van der Waals surface area contributed by atoms with Gasteiger partial charge in [0, 0.05) is 26.3 Å². The summed E-state index contributed by atoms with van der Waals surface area (Å²) >= 11 is 0. The molecule has 0 aliphatic carbocycles. The zero-order valence-corrected chi connectivity index (χ0v) is 9.10. The number of anilines is 1. The fraction of sp³-hybridized carbons (Fsp3) is 0.545. The summed E-state index contributed by atoms with van der Waals surface area (Å²) in [6, 6.07) is 3.66. The van der Waals surface area contributed by atoms with Gasteiger partial charge in [-0.3, -0.25) is 4.79 Å². The van der Waals surface area contributed by atoms with Gasteiger partial charge in [-0.05, 0) is 25.5 Å². The van der Waals surface area contributed by atoms with E-state index in [1.165, 1.54) is 0 Å². The number of pyridine rings is 1. The summed E-state index contributed by atoms with van der Waals surface area (Å²) in [4.78, 5) is 13.8. The van der Waals surface area contributed by atoms with Crippen molar-refractivity contribution >= 4 is 5.69 Å². The van der Waals surface area contributed by atoms with Crippen molar-refractivity contribution in [2.75, 3.05) is 18.0 Å². The van der Waals surface area contributed by atoms with E-state index in [0.717, 1.165) is 6.54 Å². The van der Waals surface area contributed by atoms with Gasteiger partial charge in [0.15, 0.2) is 0 Å². The van der Waals surface area contributed by atoms with Crippen molar-refractivity contribution in [1.29, 1.82) is 0 Å². The van der Waals surface area contributed by atoms with Gasteiger partial charge in [0.05, 0.1) is 5.60 Å². The number of nitrogens with zero attached hydrogens (tertiary/aromatic N) is 2. The lowest BCUT2D eigenvalue weighted by molar-refractivity contribution is 0.0839. The molecule has 1 saturated heterocycles. The minimum Gasteiger partial charge on any atom is -0.388 e. The molecule has 4 heteroatoms. The third kappa shape index (κ3) is 1.90. The highest BCUT2D eigenvalue weighted by Crippen LogP contribution is 2.23. The number of hydrogen-bond acceptors (Lipinski definition) is 3. The van der Waals surface area contributed by atoms with Crippen LogP contribution in [-0.4, -0.2) is 28.4 Å². The molecule has 0 amide bonds. The van der Waals surface area contributed by atoms with Gasteiger partial charge < -0.3 is 14.6 Å². The molecule has 0 aromatic carbocycles. The van der Waals surface area contributed by atoms with Crippen LogP contribution in [0.3, 0.4) is 0 Å². The molecule has 82 valence electrons. The summed E-state index contributed by atoms with van der Waals surface area (Å²) in [6.07, 6.45) is 2.45. The smallest absolute Gasteiger partial charge is 0.273 e. The molecule has 1 N–H and O–H groups in total. The molecule has 2 rings (SSSR count). The van der Waals surface area contributed by atoms with Crippen molar-refractivity contribution in [3.8, 4) is 0 Å². The number of rotatable bonds is 1. The van der Waals surface area contributed by atoms with Crippen molar-refractivity contribution in [2.24, 2.45) is 7.05 Å². The Morgan fingerprint density at radius 1 is 1.53 bits per heavy atom. The van der Waals surface area contributed by atoms with E-state index in [1.807, 2.05) is 17.0 Å². The number of hydrogen-bond donors (Lipinski definition) is 1. The minimum absolute atomic E-state index is 0.00444. The second-order valence-corrected chi connectivity index (χ2v) is 4.48. The van der Waals surface area contributed by atoms with Crippen molar-refractivity contribution in [3.63, 3.8) is 0 Å². The first-order valence-electron chi connectivity index (χ1n) is 5.13. The molecule has 1 atom stereocenters. The molecule has 1 aromatic heterocycles. The summed E-state index contributed by atoms with van der Waals surface area (Å²) in [5.41, 5.74) is 0.00823. The highest BCUT2D eigenvalue weighted by atomic mass is 16.3. The summed E-state index contributed by atoms with van der Waals surface area (Å²) in [6.45, 7) is 3.08. The van der Waals surface area contributed by atoms with Crippen LogP contribution in [0.5, 0.6) is 0 Å². The molecule has 0 spiro atoms. The third-order valence-corrected chi connectivity index (χ3v) is 2.90. The van der Waals surface area contributed by atoms with Gasteiger partial charge in [0.25, 0.3) is 5.56 Å². The SMILES string of the molecule is Cn1cccc(N2CCC(C)(O)C2)c1=O. The fourth-order valence-electron chi connectivity index (χ4n) is 1.97. The number of aryl methyl sites for hydroxylation is 1. The summed E-state index contributed by atoms with van der Waals surface area (Å²) in [7, 11) is 1.74. The first-order chi connectivity index (χ1) is 6.99. The van der Waals surface area contributed by atoms with Crippen molar-refractivity contribution in [2.45, 2.75) is 18.9 Å². The lowest BCUT2D eigenvalue weighted by Gasteiger charge is -2.20. The predicted octanol–water partition coefficient (Wildman–Crippen LogP) is 0.346. The Hall–Kier alpha value is -1.29. The molecule has 2 heterocycles. The van der Waals surface area contributed by atoms with Crippen LogP contribution >= 0.6 is 0 Å². The second kappa shape index (κ2) is 3.38. The minimum atomic E-state index is -0.666. The van der Waals surface area contributed by atoms with E-state index in [9.17, 15) is 9.90 Å². The first kappa shape index (κ1) is 10.2. The van der Waals surface area contributed by atoms with E-state index < -0.39 is 5.60 Å². The van der Waals surface area contributed by atoms with Crippen LogP contribution in [-0.2, 0) is 7.05 Å². The maximum atomic E-state index is 11.8. The molecule has 1 unspecified atom stereocenters. The number of β-amino-alcohol motifs (C(OH)–C–C–N with tert-alkyl or cyclic N) is 1. The highest BCUT2D eigenvalue weighted by Gasteiger charge is 2.32. The van der Waals surface area contributed by atoms with Crippen LogP contribution in [0, 0.1) is 0 Å². The normalized spacial score (nSPS) is 25.9. The van der Waals surface area contributed by atoms with E-state index in [4.69, 9.17) is 0 Å². The largest absolute Gasteiger partial charge is 0.388 e. The van der Waals surface area contributed by atoms with Crippen LogP contribution in [0.15, 0.2) is 23.1 Å². The maximum Gasteiger partial charge on any atom is 0.273 e. The summed E-state index contributed by atoms with van der Waals surface area (Å²) in [5, 5.41) is 9.84. The van der Waals surface area contributed by atoms with Crippen molar-refractivity contribution < 1.29 is 5.11 Å². The zero-order chi connectivity index (χ0) is 11.1. The Bertz CT molecular complexity index is 423. The van der Waals surface area contributed by atoms with Gasteiger partial charge in [-0.15, -0.1) is 0 Å². The van der Waals surface area contributed by atoms with E-state index in [1.54, 1.807) is 24.7 Å². The van der Waals surface area contributed by atoms with Gasteiger partial charge in [-0.25, -0.2) is 0 Å². The highest BCUT2D eigenvalue weighted by molar-refractivity contribution is 5.45.